The van der Waals surface area contributed by atoms with Crippen molar-refractivity contribution in [2.45, 2.75) is 77.0 Å². The molecule has 2 atom stereocenters. The van der Waals surface area contributed by atoms with Crippen LogP contribution in [-0.4, -0.2) is 55.0 Å². The van der Waals surface area contributed by atoms with Crippen LogP contribution in [0, 0.1) is 0 Å². The van der Waals surface area contributed by atoms with E-state index in [9.17, 15) is 19.5 Å². The number of rotatable bonds is 9. The molecule has 0 saturated carbocycles. The standard InChI is InChI=1S/C28H38N2O6Si/c1-28(2,3)37(4,5)36-16-15-23(26(32)33)29-25(31)24-17-21-13-9-10-14-22(21)18-30(24)27(34)35-19-20-11-7-6-8-12-20/h6-14,23-24H,15-19H2,1-5H3,(H,29,31)(H,32,33)/t23-,24+/m1/s1. The SMILES string of the molecule is CC(C)(C)[Si](C)(C)OCC[C@@H](NC(=O)[C@@H]1Cc2ccccc2CN1C(=O)OCc1ccccc1)C(=O)O. The molecule has 0 aromatic heterocycles. The molecule has 0 saturated heterocycles. The van der Waals surface area contributed by atoms with Crippen LogP contribution < -0.4 is 5.32 Å². The third-order valence-electron chi connectivity index (χ3n) is 7.28. The number of nitrogens with one attached hydrogen (secondary N) is 1. The largest absolute Gasteiger partial charge is 0.480 e. The topological polar surface area (TPSA) is 105 Å². The van der Waals surface area contributed by atoms with Crippen LogP contribution >= 0.6 is 0 Å². The molecule has 0 aliphatic carbocycles. The number of carbonyl (C=O) groups is 3. The molecule has 2 N–H and O–H groups in total. The van der Waals surface area contributed by atoms with Crippen LogP contribution in [0.2, 0.25) is 18.1 Å². The van der Waals surface area contributed by atoms with Crippen molar-refractivity contribution < 1.29 is 28.7 Å². The predicted octanol–water partition coefficient (Wildman–Crippen LogP) is 4.73. The zero-order valence-electron chi connectivity index (χ0n) is 22.3. The van der Waals surface area contributed by atoms with Gasteiger partial charge in [-0.1, -0.05) is 75.4 Å². The van der Waals surface area contributed by atoms with Crippen LogP contribution in [0.1, 0.15) is 43.9 Å². The maximum Gasteiger partial charge on any atom is 0.411 e. The molecule has 0 unspecified atom stereocenters. The summed E-state index contributed by atoms with van der Waals surface area (Å²) in [4.78, 5) is 39.8. The summed E-state index contributed by atoms with van der Waals surface area (Å²) in [6, 6.07) is 14.9. The Bertz CT molecular complexity index is 1100. The van der Waals surface area contributed by atoms with E-state index in [2.05, 4.69) is 39.2 Å². The van der Waals surface area contributed by atoms with Gasteiger partial charge in [-0.3, -0.25) is 9.69 Å². The number of nitrogens with zero attached hydrogens (tertiary/aromatic N) is 1. The Hall–Kier alpha value is -3.17. The molecule has 9 heteroatoms. The fourth-order valence-corrected chi connectivity index (χ4v) is 4.99. The lowest BCUT2D eigenvalue weighted by Gasteiger charge is -2.37. The van der Waals surface area contributed by atoms with Gasteiger partial charge in [0, 0.05) is 19.4 Å². The number of carbonyl (C=O) groups excluding carboxylic acids is 2. The van der Waals surface area contributed by atoms with Gasteiger partial charge >= 0.3 is 12.1 Å². The van der Waals surface area contributed by atoms with E-state index < -0.39 is 38.4 Å². The zero-order chi connectivity index (χ0) is 27.2. The van der Waals surface area contributed by atoms with Crippen molar-refractivity contribution in [2.24, 2.45) is 0 Å². The molecule has 2 aromatic carbocycles. The first kappa shape index (κ1) is 28.4. The minimum Gasteiger partial charge on any atom is -0.480 e. The zero-order valence-corrected chi connectivity index (χ0v) is 23.3. The second-order valence-electron chi connectivity index (χ2n) is 11.0. The van der Waals surface area contributed by atoms with Crippen molar-refractivity contribution in [3.8, 4) is 0 Å². The van der Waals surface area contributed by atoms with E-state index in [4.69, 9.17) is 9.16 Å². The number of hydrogen-bond donors (Lipinski definition) is 2. The number of carboxylic acid groups (broad SMARTS) is 1. The number of hydrogen-bond acceptors (Lipinski definition) is 5. The number of fused-ring (bicyclic) bond motifs is 1. The summed E-state index contributed by atoms with van der Waals surface area (Å²) in [5.74, 6) is -1.66. The summed E-state index contributed by atoms with van der Waals surface area (Å²) >= 11 is 0. The molecule has 1 aliphatic heterocycles. The second-order valence-corrected chi connectivity index (χ2v) is 15.8. The molecule has 200 valence electrons. The monoisotopic (exact) mass is 526 g/mol. The van der Waals surface area contributed by atoms with Crippen molar-refractivity contribution in [3.63, 3.8) is 0 Å². The smallest absolute Gasteiger partial charge is 0.411 e. The number of carboxylic acids is 1. The molecule has 0 radical (unpaired) electrons. The van der Waals surface area contributed by atoms with E-state index >= 15 is 0 Å². The van der Waals surface area contributed by atoms with Crippen LogP contribution in [0.5, 0.6) is 0 Å². The summed E-state index contributed by atoms with van der Waals surface area (Å²) < 4.78 is 11.6. The van der Waals surface area contributed by atoms with Gasteiger partial charge in [-0.25, -0.2) is 9.59 Å². The Kier molecular flexibility index (Phi) is 9.15. The van der Waals surface area contributed by atoms with E-state index in [1.54, 1.807) is 0 Å². The third-order valence-corrected chi connectivity index (χ3v) is 11.8. The quantitative estimate of drug-likeness (QED) is 0.458. The normalized spacial score (nSPS) is 16.5. The number of ether oxygens (including phenoxy) is 1. The molecule has 2 aromatic rings. The summed E-state index contributed by atoms with van der Waals surface area (Å²) in [6.45, 7) is 11.0. The molecule has 1 heterocycles. The van der Waals surface area contributed by atoms with E-state index in [0.29, 0.717) is 0 Å². The first-order valence-corrected chi connectivity index (χ1v) is 15.5. The Morgan fingerprint density at radius 1 is 1.05 bits per heavy atom. The Morgan fingerprint density at radius 3 is 2.30 bits per heavy atom. The molecular formula is C28H38N2O6Si. The van der Waals surface area contributed by atoms with Crippen molar-refractivity contribution in [3.05, 3.63) is 71.3 Å². The van der Waals surface area contributed by atoms with Crippen molar-refractivity contribution in [1.29, 1.82) is 0 Å². The average molecular weight is 527 g/mol. The van der Waals surface area contributed by atoms with Crippen molar-refractivity contribution in [1.82, 2.24) is 10.2 Å². The van der Waals surface area contributed by atoms with Gasteiger partial charge in [0.25, 0.3) is 0 Å². The molecular weight excluding hydrogens is 488 g/mol. The summed E-state index contributed by atoms with van der Waals surface area (Å²) in [6.07, 6.45) is -0.212. The minimum absolute atomic E-state index is 0.00886. The van der Waals surface area contributed by atoms with Gasteiger partial charge in [0.05, 0.1) is 6.54 Å². The highest BCUT2D eigenvalue weighted by Gasteiger charge is 2.39. The summed E-state index contributed by atoms with van der Waals surface area (Å²) in [5, 5.41) is 12.4. The van der Waals surface area contributed by atoms with Crippen LogP contribution in [0.25, 0.3) is 0 Å². The Balaban J connectivity index is 1.71. The van der Waals surface area contributed by atoms with Gasteiger partial charge in [-0.15, -0.1) is 0 Å². The maximum atomic E-state index is 13.4. The van der Waals surface area contributed by atoms with Gasteiger partial charge in [0.2, 0.25) is 5.91 Å². The molecule has 0 bridgehead atoms. The minimum atomic E-state index is -2.06. The molecule has 1 aliphatic rings. The van der Waals surface area contributed by atoms with Crippen molar-refractivity contribution in [2.75, 3.05) is 6.61 Å². The van der Waals surface area contributed by atoms with Crippen LogP contribution in [0.3, 0.4) is 0 Å². The Morgan fingerprint density at radius 2 is 1.68 bits per heavy atom. The van der Waals surface area contributed by atoms with E-state index in [-0.39, 0.29) is 37.6 Å². The fraction of sp³-hybridized carbons (Fsp3) is 0.464. The lowest BCUT2D eigenvalue weighted by Crippen LogP contribution is -2.55. The Labute approximate surface area is 220 Å². The second kappa shape index (κ2) is 11.9. The highest BCUT2D eigenvalue weighted by atomic mass is 28.4. The molecule has 0 spiro atoms. The van der Waals surface area contributed by atoms with Gasteiger partial charge < -0.3 is 19.6 Å². The number of aliphatic carboxylic acids is 1. The molecule has 8 nitrogen and oxygen atoms in total. The highest BCUT2D eigenvalue weighted by molar-refractivity contribution is 6.74. The summed E-state index contributed by atoms with van der Waals surface area (Å²) in [5.41, 5.74) is 2.71. The maximum absolute atomic E-state index is 13.4. The lowest BCUT2D eigenvalue weighted by molar-refractivity contribution is -0.143. The van der Waals surface area contributed by atoms with Gasteiger partial charge in [-0.2, -0.15) is 0 Å². The van der Waals surface area contributed by atoms with Crippen molar-refractivity contribution >= 4 is 26.3 Å². The third kappa shape index (κ3) is 7.42. The van der Waals surface area contributed by atoms with E-state index in [1.807, 2.05) is 54.6 Å². The van der Waals surface area contributed by atoms with Crippen LogP contribution in [0.15, 0.2) is 54.6 Å². The number of amides is 2. The molecule has 3 rings (SSSR count). The van der Waals surface area contributed by atoms with Crippen LogP contribution in [0.4, 0.5) is 4.79 Å². The lowest BCUT2D eigenvalue weighted by atomic mass is 9.93. The first-order valence-electron chi connectivity index (χ1n) is 12.6. The molecule has 37 heavy (non-hydrogen) atoms. The van der Waals surface area contributed by atoms with Crippen LogP contribution in [-0.2, 0) is 38.3 Å². The number of benzene rings is 2. The average Bonchev–Trinajstić information content (AvgIpc) is 2.85. The first-order chi connectivity index (χ1) is 17.4. The van der Waals surface area contributed by atoms with E-state index in [1.165, 1.54) is 4.90 Å². The van der Waals surface area contributed by atoms with Gasteiger partial charge in [0.1, 0.15) is 18.7 Å². The van der Waals surface area contributed by atoms with Gasteiger partial charge in [0.15, 0.2) is 8.32 Å². The fourth-order valence-electron chi connectivity index (χ4n) is 3.93. The molecule has 0 fully saturated rings. The van der Waals surface area contributed by atoms with Gasteiger partial charge in [-0.05, 0) is 34.8 Å². The highest BCUT2D eigenvalue weighted by Crippen LogP contribution is 2.36. The predicted molar refractivity (Wildman–Crippen MR) is 143 cm³/mol. The molecule has 2 amide bonds. The summed E-state index contributed by atoms with van der Waals surface area (Å²) in [7, 11) is -2.06. The van der Waals surface area contributed by atoms with E-state index in [0.717, 1.165) is 16.7 Å².